The molecule has 0 aliphatic carbocycles. The molecule has 1 aromatic rings. The van der Waals surface area contributed by atoms with E-state index in [2.05, 4.69) is 30.1 Å². The summed E-state index contributed by atoms with van der Waals surface area (Å²) in [5.41, 5.74) is 0. The molecule has 0 saturated carbocycles. The number of hydrogen-bond donors (Lipinski definition) is 1. The second kappa shape index (κ2) is 8.98. The molecule has 1 N–H and O–H groups in total. The van der Waals surface area contributed by atoms with Crippen LogP contribution in [0.4, 0.5) is 11.9 Å². The van der Waals surface area contributed by atoms with Gasteiger partial charge >= 0.3 is 6.01 Å². The van der Waals surface area contributed by atoms with Crippen LogP contribution in [0.1, 0.15) is 25.7 Å². The summed E-state index contributed by atoms with van der Waals surface area (Å²) >= 11 is 0. The minimum atomic E-state index is 0.373. The van der Waals surface area contributed by atoms with Gasteiger partial charge in [-0.25, -0.2) is 0 Å². The SMILES string of the molecule is COc1nc(NCCN2CCOCC2)nc(N2CCCCCC2)n1. The normalized spacial score (nSPS) is 19.8. The van der Waals surface area contributed by atoms with E-state index in [-0.39, 0.29) is 0 Å². The fraction of sp³-hybridized carbons (Fsp3) is 0.812. The third kappa shape index (κ3) is 4.91. The summed E-state index contributed by atoms with van der Waals surface area (Å²) in [6, 6.07) is 0.373. The first-order chi connectivity index (χ1) is 11.8. The van der Waals surface area contributed by atoms with Crippen molar-refractivity contribution >= 4 is 11.9 Å². The third-order valence-electron chi connectivity index (χ3n) is 4.49. The minimum absolute atomic E-state index is 0.373. The molecule has 24 heavy (non-hydrogen) atoms. The number of rotatable bonds is 6. The van der Waals surface area contributed by atoms with Crippen LogP contribution in [-0.4, -0.2) is 79.4 Å². The number of aromatic nitrogens is 3. The Bertz CT molecular complexity index is 501. The first-order valence-electron chi connectivity index (χ1n) is 8.94. The number of methoxy groups -OCH3 is 1. The smallest absolute Gasteiger partial charge is 0.322 e. The Hall–Kier alpha value is -1.67. The zero-order valence-corrected chi connectivity index (χ0v) is 14.5. The van der Waals surface area contributed by atoms with Crippen molar-refractivity contribution < 1.29 is 9.47 Å². The maximum atomic E-state index is 5.37. The molecular formula is C16H28N6O2. The topological polar surface area (TPSA) is 75.6 Å². The van der Waals surface area contributed by atoms with Gasteiger partial charge in [0.1, 0.15) is 0 Å². The van der Waals surface area contributed by atoms with Crippen LogP contribution in [-0.2, 0) is 4.74 Å². The van der Waals surface area contributed by atoms with Crippen LogP contribution in [0, 0.1) is 0 Å². The Morgan fingerprint density at radius 2 is 1.75 bits per heavy atom. The molecule has 2 saturated heterocycles. The summed E-state index contributed by atoms with van der Waals surface area (Å²) in [5.74, 6) is 1.31. The molecule has 0 amide bonds. The Morgan fingerprint density at radius 3 is 2.46 bits per heavy atom. The molecule has 1 aromatic heterocycles. The highest BCUT2D eigenvalue weighted by atomic mass is 16.5. The monoisotopic (exact) mass is 336 g/mol. The van der Waals surface area contributed by atoms with Crippen molar-refractivity contribution in [1.82, 2.24) is 19.9 Å². The second-order valence-corrected chi connectivity index (χ2v) is 6.23. The highest BCUT2D eigenvalue weighted by Gasteiger charge is 2.16. The van der Waals surface area contributed by atoms with Crippen molar-refractivity contribution in [3.8, 4) is 6.01 Å². The zero-order chi connectivity index (χ0) is 16.6. The van der Waals surface area contributed by atoms with Gasteiger partial charge in [-0.05, 0) is 12.8 Å². The van der Waals surface area contributed by atoms with E-state index >= 15 is 0 Å². The van der Waals surface area contributed by atoms with Gasteiger partial charge in [-0.3, -0.25) is 4.90 Å². The number of anilines is 2. The van der Waals surface area contributed by atoms with E-state index < -0.39 is 0 Å². The van der Waals surface area contributed by atoms with Crippen molar-refractivity contribution in [3.63, 3.8) is 0 Å². The Balaban J connectivity index is 1.60. The summed E-state index contributed by atoms with van der Waals surface area (Å²) in [4.78, 5) is 18.0. The van der Waals surface area contributed by atoms with Gasteiger partial charge in [0.25, 0.3) is 0 Å². The number of ether oxygens (including phenoxy) is 2. The van der Waals surface area contributed by atoms with Crippen LogP contribution >= 0.6 is 0 Å². The van der Waals surface area contributed by atoms with Crippen LogP contribution in [0.5, 0.6) is 6.01 Å². The van der Waals surface area contributed by atoms with E-state index in [1.54, 1.807) is 7.11 Å². The van der Waals surface area contributed by atoms with E-state index in [9.17, 15) is 0 Å². The molecule has 2 aliphatic heterocycles. The quantitative estimate of drug-likeness (QED) is 0.825. The maximum Gasteiger partial charge on any atom is 0.322 e. The lowest BCUT2D eigenvalue weighted by molar-refractivity contribution is 0.0398. The Kier molecular flexibility index (Phi) is 6.42. The van der Waals surface area contributed by atoms with E-state index in [0.717, 1.165) is 58.4 Å². The van der Waals surface area contributed by atoms with Crippen molar-refractivity contribution in [1.29, 1.82) is 0 Å². The predicted octanol–water partition coefficient (Wildman–Crippen LogP) is 1.00. The summed E-state index contributed by atoms with van der Waals surface area (Å²) in [7, 11) is 1.60. The summed E-state index contributed by atoms with van der Waals surface area (Å²) in [6.45, 7) is 7.36. The molecule has 8 heteroatoms. The number of nitrogens with one attached hydrogen (secondary N) is 1. The van der Waals surface area contributed by atoms with Crippen molar-refractivity contribution in [2.75, 3.05) is 69.8 Å². The van der Waals surface area contributed by atoms with Crippen molar-refractivity contribution in [2.24, 2.45) is 0 Å². The number of morpholine rings is 1. The van der Waals surface area contributed by atoms with Gasteiger partial charge in [0.15, 0.2) is 0 Å². The Morgan fingerprint density at radius 1 is 1.00 bits per heavy atom. The lowest BCUT2D eigenvalue weighted by atomic mass is 10.2. The molecule has 0 atom stereocenters. The molecule has 3 rings (SSSR count). The third-order valence-corrected chi connectivity index (χ3v) is 4.49. The van der Waals surface area contributed by atoms with Crippen LogP contribution in [0.25, 0.3) is 0 Å². The van der Waals surface area contributed by atoms with E-state index in [4.69, 9.17) is 9.47 Å². The average Bonchev–Trinajstić information content (AvgIpc) is 2.92. The fourth-order valence-corrected chi connectivity index (χ4v) is 3.08. The van der Waals surface area contributed by atoms with Crippen molar-refractivity contribution in [2.45, 2.75) is 25.7 Å². The van der Waals surface area contributed by atoms with Gasteiger partial charge in [-0.15, -0.1) is 0 Å². The van der Waals surface area contributed by atoms with Crippen LogP contribution in [0.15, 0.2) is 0 Å². The van der Waals surface area contributed by atoms with Gasteiger partial charge in [0, 0.05) is 39.3 Å². The van der Waals surface area contributed by atoms with Crippen LogP contribution in [0.2, 0.25) is 0 Å². The lowest BCUT2D eigenvalue weighted by Gasteiger charge is -2.26. The molecule has 134 valence electrons. The van der Waals surface area contributed by atoms with Gasteiger partial charge in [-0.1, -0.05) is 12.8 Å². The fourth-order valence-electron chi connectivity index (χ4n) is 3.08. The standard InChI is InChI=1S/C16H28N6O2/c1-23-16-19-14(17-6-9-21-10-12-24-13-11-21)18-15(20-16)22-7-4-2-3-5-8-22/h2-13H2,1H3,(H,17,18,19,20). The van der Waals surface area contributed by atoms with Crippen LogP contribution < -0.4 is 15.0 Å². The predicted molar refractivity (Wildman–Crippen MR) is 92.8 cm³/mol. The van der Waals surface area contributed by atoms with E-state index in [1.807, 2.05) is 0 Å². The molecule has 0 spiro atoms. The summed E-state index contributed by atoms with van der Waals surface area (Å²) in [5, 5.41) is 3.31. The maximum absolute atomic E-state index is 5.37. The molecule has 0 bridgehead atoms. The highest BCUT2D eigenvalue weighted by molar-refractivity contribution is 5.38. The first-order valence-corrected chi connectivity index (χ1v) is 8.94. The van der Waals surface area contributed by atoms with Gasteiger partial charge in [-0.2, -0.15) is 15.0 Å². The largest absolute Gasteiger partial charge is 0.467 e. The lowest BCUT2D eigenvalue weighted by Crippen LogP contribution is -2.39. The second-order valence-electron chi connectivity index (χ2n) is 6.23. The molecular weight excluding hydrogens is 308 g/mol. The molecule has 2 aliphatic rings. The average molecular weight is 336 g/mol. The highest BCUT2D eigenvalue weighted by Crippen LogP contribution is 2.19. The molecule has 0 unspecified atom stereocenters. The van der Waals surface area contributed by atoms with Gasteiger partial charge < -0.3 is 19.7 Å². The summed E-state index contributed by atoms with van der Waals surface area (Å²) in [6.07, 6.45) is 4.94. The first kappa shape index (κ1) is 17.2. The van der Waals surface area contributed by atoms with Gasteiger partial charge in [0.2, 0.25) is 11.9 Å². The molecule has 0 aromatic carbocycles. The van der Waals surface area contributed by atoms with E-state index in [0.29, 0.717) is 12.0 Å². The Labute approximate surface area is 143 Å². The van der Waals surface area contributed by atoms with E-state index in [1.165, 1.54) is 25.7 Å². The molecule has 3 heterocycles. The molecule has 0 radical (unpaired) electrons. The van der Waals surface area contributed by atoms with Crippen LogP contribution in [0.3, 0.4) is 0 Å². The van der Waals surface area contributed by atoms with Gasteiger partial charge in [0.05, 0.1) is 20.3 Å². The number of hydrogen-bond acceptors (Lipinski definition) is 8. The minimum Gasteiger partial charge on any atom is -0.467 e. The molecule has 2 fully saturated rings. The summed E-state index contributed by atoms with van der Waals surface area (Å²) < 4.78 is 10.6. The molecule has 8 nitrogen and oxygen atoms in total. The zero-order valence-electron chi connectivity index (χ0n) is 14.5. The number of nitrogens with zero attached hydrogens (tertiary/aromatic N) is 5. The van der Waals surface area contributed by atoms with Crippen molar-refractivity contribution in [3.05, 3.63) is 0 Å².